The number of benzene rings is 1. The van der Waals surface area contributed by atoms with Crippen LogP contribution in [0.2, 0.25) is 0 Å². The molecule has 2 heterocycles. The van der Waals surface area contributed by atoms with Gasteiger partial charge in [-0.1, -0.05) is 18.2 Å². The quantitative estimate of drug-likeness (QED) is 0.906. The van der Waals surface area contributed by atoms with E-state index in [1.54, 1.807) is 12.3 Å². The summed E-state index contributed by atoms with van der Waals surface area (Å²) in [5, 5.41) is 2.88. The van der Waals surface area contributed by atoms with Crippen LogP contribution in [0.25, 0.3) is 0 Å². The number of nitrogens with zero attached hydrogens (tertiary/aromatic N) is 2. The van der Waals surface area contributed by atoms with Crippen molar-refractivity contribution in [1.29, 1.82) is 0 Å². The highest BCUT2D eigenvalue weighted by molar-refractivity contribution is 7.91. The first-order chi connectivity index (χ1) is 11.9. The molecule has 0 spiro atoms. The molecule has 7 heteroatoms. The third kappa shape index (κ3) is 3.99. The third-order valence-electron chi connectivity index (χ3n) is 4.54. The lowest BCUT2D eigenvalue weighted by Crippen LogP contribution is -2.32. The fourth-order valence-electron chi connectivity index (χ4n) is 2.94. The molecular weight excluding hydrogens is 338 g/mol. The summed E-state index contributed by atoms with van der Waals surface area (Å²) in [5.74, 6) is 0.113. The summed E-state index contributed by atoms with van der Waals surface area (Å²) in [6.07, 6.45) is 3.75. The monoisotopic (exact) mass is 359 g/mol. The molecule has 1 aromatic heterocycles. The largest absolute Gasteiger partial charge is 0.369 e. The standard InChI is InChI=1S/C18H21N3O3S/c1-13-5-3-4-6-17(13)20-18(22)14-9-16(11-19-10-14)21(2)15-7-8-25(23,24)12-15/h3-6,9-11,15H,7-8,12H2,1-2H3,(H,20,22). The summed E-state index contributed by atoms with van der Waals surface area (Å²) < 4.78 is 23.4. The van der Waals surface area contributed by atoms with E-state index < -0.39 is 9.84 Å². The van der Waals surface area contributed by atoms with Gasteiger partial charge in [-0.3, -0.25) is 9.78 Å². The maximum atomic E-state index is 12.5. The smallest absolute Gasteiger partial charge is 0.257 e. The van der Waals surface area contributed by atoms with Crippen LogP contribution in [-0.2, 0) is 9.84 Å². The Balaban J connectivity index is 1.77. The van der Waals surface area contributed by atoms with Gasteiger partial charge in [0.1, 0.15) is 0 Å². The minimum atomic E-state index is -2.96. The SMILES string of the molecule is Cc1ccccc1NC(=O)c1cncc(N(C)C2CCS(=O)(=O)C2)c1. The van der Waals surface area contributed by atoms with Crippen LogP contribution in [-0.4, -0.2) is 43.9 Å². The van der Waals surface area contributed by atoms with Crippen LogP contribution in [0.5, 0.6) is 0 Å². The predicted molar refractivity (Wildman–Crippen MR) is 98.8 cm³/mol. The summed E-state index contributed by atoms with van der Waals surface area (Å²) >= 11 is 0. The number of para-hydroxylation sites is 1. The molecule has 1 amide bonds. The van der Waals surface area contributed by atoms with Gasteiger partial charge in [-0.05, 0) is 31.0 Å². The first kappa shape index (κ1) is 17.4. The first-order valence-electron chi connectivity index (χ1n) is 8.11. The molecule has 25 heavy (non-hydrogen) atoms. The highest BCUT2D eigenvalue weighted by Crippen LogP contribution is 2.23. The van der Waals surface area contributed by atoms with Gasteiger partial charge >= 0.3 is 0 Å². The molecule has 1 aliphatic rings. The van der Waals surface area contributed by atoms with Gasteiger partial charge in [-0.25, -0.2) is 8.42 Å². The molecule has 1 aliphatic heterocycles. The summed E-state index contributed by atoms with van der Waals surface area (Å²) in [6.45, 7) is 1.93. The second-order valence-electron chi connectivity index (χ2n) is 6.37. The lowest BCUT2D eigenvalue weighted by Gasteiger charge is -2.25. The van der Waals surface area contributed by atoms with Crippen LogP contribution >= 0.6 is 0 Å². The number of carbonyl (C=O) groups is 1. The Bertz CT molecular complexity index is 896. The number of anilines is 2. The van der Waals surface area contributed by atoms with Crippen molar-refractivity contribution in [2.24, 2.45) is 0 Å². The maximum absolute atomic E-state index is 12.5. The fraction of sp³-hybridized carbons (Fsp3) is 0.333. The van der Waals surface area contributed by atoms with E-state index in [9.17, 15) is 13.2 Å². The third-order valence-corrected chi connectivity index (χ3v) is 6.29. The zero-order valence-corrected chi connectivity index (χ0v) is 15.1. The van der Waals surface area contributed by atoms with Crippen LogP contribution in [0.4, 0.5) is 11.4 Å². The second kappa shape index (κ2) is 6.84. The summed E-state index contributed by atoms with van der Waals surface area (Å²) in [7, 11) is -1.12. The van der Waals surface area contributed by atoms with Crippen LogP contribution in [0.15, 0.2) is 42.7 Å². The molecule has 0 saturated carbocycles. The van der Waals surface area contributed by atoms with Crippen molar-refractivity contribution in [3.8, 4) is 0 Å². The van der Waals surface area contributed by atoms with Crippen molar-refractivity contribution < 1.29 is 13.2 Å². The van der Waals surface area contributed by atoms with Crippen molar-refractivity contribution in [2.75, 3.05) is 28.8 Å². The fourth-order valence-corrected chi connectivity index (χ4v) is 4.72. The topological polar surface area (TPSA) is 79.4 Å². The Kier molecular flexibility index (Phi) is 4.76. The number of sulfone groups is 1. The van der Waals surface area contributed by atoms with Gasteiger partial charge in [-0.2, -0.15) is 0 Å². The number of aromatic nitrogens is 1. The van der Waals surface area contributed by atoms with Crippen LogP contribution in [0.3, 0.4) is 0 Å². The van der Waals surface area contributed by atoms with Crippen LogP contribution in [0.1, 0.15) is 22.3 Å². The number of nitrogens with one attached hydrogen (secondary N) is 1. The van der Waals surface area contributed by atoms with E-state index in [1.165, 1.54) is 6.20 Å². The van der Waals surface area contributed by atoms with Gasteiger partial charge in [0, 0.05) is 25.0 Å². The minimum absolute atomic E-state index is 0.0820. The predicted octanol–water partition coefficient (Wildman–Crippen LogP) is 2.27. The van der Waals surface area contributed by atoms with E-state index in [1.807, 2.05) is 43.1 Å². The number of rotatable bonds is 4. The highest BCUT2D eigenvalue weighted by Gasteiger charge is 2.31. The van der Waals surface area contributed by atoms with E-state index in [-0.39, 0.29) is 23.5 Å². The van der Waals surface area contributed by atoms with Crippen molar-refractivity contribution in [3.63, 3.8) is 0 Å². The molecule has 6 nitrogen and oxygen atoms in total. The molecule has 132 valence electrons. The Morgan fingerprint density at radius 3 is 2.72 bits per heavy atom. The van der Waals surface area contributed by atoms with Gasteiger partial charge in [0.15, 0.2) is 9.84 Å². The number of hydrogen-bond acceptors (Lipinski definition) is 5. The Morgan fingerprint density at radius 2 is 2.04 bits per heavy atom. The minimum Gasteiger partial charge on any atom is -0.369 e. The number of carbonyl (C=O) groups excluding carboxylic acids is 1. The van der Waals surface area contributed by atoms with Crippen molar-refractivity contribution in [3.05, 3.63) is 53.9 Å². The number of hydrogen-bond donors (Lipinski definition) is 1. The average Bonchev–Trinajstić information content (AvgIpc) is 2.96. The van der Waals surface area contributed by atoms with E-state index in [2.05, 4.69) is 10.3 Å². The van der Waals surface area contributed by atoms with Gasteiger partial charge in [-0.15, -0.1) is 0 Å². The van der Waals surface area contributed by atoms with E-state index in [4.69, 9.17) is 0 Å². The van der Waals surface area contributed by atoms with E-state index >= 15 is 0 Å². The molecule has 0 bridgehead atoms. The first-order valence-corrected chi connectivity index (χ1v) is 9.93. The Hall–Kier alpha value is -2.41. The number of amides is 1. The molecule has 1 saturated heterocycles. The van der Waals surface area contributed by atoms with Gasteiger partial charge in [0.25, 0.3) is 5.91 Å². The number of aryl methyl sites for hydroxylation is 1. The van der Waals surface area contributed by atoms with Gasteiger partial charge < -0.3 is 10.2 Å². The molecule has 1 aromatic carbocycles. The Labute approximate surface area is 147 Å². The summed E-state index contributed by atoms with van der Waals surface area (Å²) in [4.78, 5) is 18.5. The molecule has 3 rings (SSSR count). The van der Waals surface area contributed by atoms with Crippen molar-refractivity contribution in [2.45, 2.75) is 19.4 Å². The molecule has 0 aliphatic carbocycles. The zero-order chi connectivity index (χ0) is 18.0. The normalized spacial score (nSPS) is 18.7. The van der Waals surface area contributed by atoms with Crippen molar-refractivity contribution >= 4 is 27.1 Å². The molecule has 1 fully saturated rings. The highest BCUT2D eigenvalue weighted by atomic mass is 32.2. The lowest BCUT2D eigenvalue weighted by atomic mass is 10.1. The van der Waals surface area contributed by atoms with E-state index in [0.29, 0.717) is 12.0 Å². The zero-order valence-electron chi connectivity index (χ0n) is 14.3. The molecular formula is C18H21N3O3S. The van der Waals surface area contributed by atoms with Gasteiger partial charge in [0.2, 0.25) is 0 Å². The average molecular weight is 359 g/mol. The second-order valence-corrected chi connectivity index (χ2v) is 8.60. The molecule has 1 N–H and O–H groups in total. The maximum Gasteiger partial charge on any atom is 0.257 e. The summed E-state index contributed by atoms with van der Waals surface area (Å²) in [5.41, 5.74) is 2.91. The van der Waals surface area contributed by atoms with Crippen LogP contribution < -0.4 is 10.2 Å². The number of pyridine rings is 1. The molecule has 0 radical (unpaired) electrons. The van der Waals surface area contributed by atoms with E-state index in [0.717, 1.165) is 16.9 Å². The summed E-state index contributed by atoms with van der Waals surface area (Å²) in [6, 6.07) is 9.22. The van der Waals surface area contributed by atoms with Gasteiger partial charge in [0.05, 0.1) is 29.0 Å². The lowest BCUT2D eigenvalue weighted by molar-refractivity contribution is 0.102. The van der Waals surface area contributed by atoms with Crippen LogP contribution in [0, 0.1) is 6.92 Å². The molecule has 1 unspecified atom stereocenters. The Morgan fingerprint density at radius 1 is 1.28 bits per heavy atom. The molecule has 1 atom stereocenters. The van der Waals surface area contributed by atoms with Crippen molar-refractivity contribution in [1.82, 2.24) is 4.98 Å². The molecule has 2 aromatic rings.